The van der Waals surface area contributed by atoms with Crippen molar-refractivity contribution in [1.29, 1.82) is 0 Å². The number of thiophene rings is 1. The summed E-state index contributed by atoms with van der Waals surface area (Å²) in [4.78, 5) is 19.2. The van der Waals surface area contributed by atoms with Gasteiger partial charge in [0.2, 0.25) is 0 Å². The number of hydrogen-bond acceptors (Lipinski definition) is 7. The second kappa shape index (κ2) is 4.71. The fraction of sp³-hybridized carbons (Fsp3) is 0.455. The molecule has 2 aromatic rings. The number of nitro groups is 1. The Morgan fingerprint density at radius 2 is 2.37 bits per heavy atom. The van der Waals surface area contributed by atoms with Crippen LogP contribution in [-0.2, 0) is 0 Å². The van der Waals surface area contributed by atoms with Gasteiger partial charge in [-0.2, -0.15) is 0 Å². The van der Waals surface area contributed by atoms with Crippen LogP contribution in [0.5, 0.6) is 0 Å². The van der Waals surface area contributed by atoms with E-state index in [0.717, 1.165) is 11.3 Å². The molecule has 1 unspecified atom stereocenters. The summed E-state index contributed by atoms with van der Waals surface area (Å²) in [6.45, 7) is 0.625. The van der Waals surface area contributed by atoms with E-state index >= 15 is 0 Å². The lowest BCUT2D eigenvalue weighted by Crippen LogP contribution is -2.31. The highest BCUT2D eigenvalue weighted by molar-refractivity contribution is 7.21. The third-order valence-corrected chi connectivity index (χ3v) is 4.22. The largest absolute Gasteiger partial charge is 0.368 e. The van der Waals surface area contributed by atoms with E-state index < -0.39 is 4.92 Å². The van der Waals surface area contributed by atoms with Crippen molar-refractivity contribution in [3.63, 3.8) is 0 Å². The van der Waals surface area contributed by atoms with E-state index in [1.165, 1.54) is 25.2 Å². The second-order valence-electron chi connectivity index (χ2n) is 4.67. The molecule has 0 radical (unpaired) electrons. The first-order valence-corrected chi connectivity index (χ1v) is 6.85. The van der Waals surface area contributed by atoms with Gasteiger partial charge in [0.25, 0.3) is 0 Å². The molecule has 3 rings (SSSR count). The first-order chi connectivity index (χ1) is 9.15. The fourth-order valence-electron chi connectivity index (χ4n) is 1.98. The van der Waals surface area contributed by atoms with Gasteiger partial charge >= 0.3 is 5.00 Å². The van der Waals surface area contributed by atoms with E-state index in [0.29, 0.717) is 28.5 Å². The van der Waals surface area contributed by atoms with Gasteiger partial charge in [-0.3, -0.25) is 10.1 Å². The maximum atomic E-state index is 10.8. The molecular weight excluding hydrogens is 266 g/mol. The zero-order valence-electron chi connectivity index (χ0n) is 10.1. The Balaban J connectivity index is 1.83. The molecule has 0 aliphatic heterocycles. The minimum Gasteiger partial charge on any atom is -0.368 e. The van der Waals surface area contributed by atoms with Gasteiger partial charge in [-0.1, -0.05) is 0 Å². The summed E-state index contributed by atoms with van der Waals surface area (Å²) in [6.07, 6.45) is 3.78. The first kappa shape index (κ1) is 12.2. The molecule has 2 heterocycles. The molecular formula is C11H13N5O2S. The van der Waals surface area contributed by atoms with Crippen molar-refractivity contribution in [3.05, 3.63) is 22.5 Å². The van der Waals surface area contributed by atoms with Crippen molar-refractivity contribution in [2.75, 3.05) is 11.9 Å². The number of nitrogens with zero attached hydrogens (tertiary/aromatic N) is 3. The molecule has 19 heavy (non-hydrogen) atoms. The van der Waals surface area contributed by atoms with Crippen LogP contribution in [0.1, 0.15) is 12.8 Å². The monoisotopic (exact) mass is 279 g/mol. The minimum atomic E-state index is -0.411. The summed E-state index contributed by atoms with van der Waals surface area (Å²) >= 11 is 1.05. The van der Waals surface area contributed by atoms with E-state index in [9.17, 15) is 10.1 Å². The Labute approximate surface area is 113 Å². The van der Waals surface area contributed by atoms with E-state index in [4.69, 9.17) is 5.73 Å². The molecule has 1 atom stereocenters. The van der Waals surface area contributed by atoms with Crippen LogP contribution in [-0.4, -0.2) is 27.5 Å². The van der Waals surface area contributed by atoms with Gasteiger partial charge in [-0.15, -0.1) is 0 Å². The highest BCUT2D eigenvalue weighted by Gasteiger charge is 2.28. The third-order valence-electron chi connectivity index (χ3n) is 3.23. The summed E-state index contributed by atoms with van der Waals surface area (Å²) < 4.78 is 0. The van der Waals surface area contributed by atoms with Gasteiger partial charge in [-0.25, -0.2) is 9.97 Å². The van der Waals surface area contributed by atoms with Crippen molar-refractivity contribution >= 4 is 32.4 Å². The molecule has 1 aliphatic rings. The zero-order chi connectivity index (χ0) is 13.4. The molecule has 1 aliphatic carbocycles. The Hall–Kier alpha value is -1.80. The predicted molar refractivity (Wildman–Crippen MR) is 73.3 cm³/mol. The van der Waals surface area contributed by atoms with Gasteiger partial charge in [0.1, 0.15) is 17.0 Å². The van der Waals surface area contributed by atoms with Gasteiger partial charge in [-0.05, 0) is 30.1 Å². The summed E-state index contributed by atoms with van der Waals surface area (Å²) in [5.74, 6) is 1.21. The van der Waals surface area contributed by atoms with E-state index in [-0.39, 0.29) is 11.0 Å². The van der Waals surface area contributed by atoms with E-state index in [1.54, 1.807) is 0 Å². The molecule has 2 aromatic heterocycles. The molecule has 8 heteroatoms. The van der Waals surface area contributed by atoms with Gasteiger partial charge in [0.15, 0.2) is 0 Å². The number of rotatable bonds is 5. The molecule has 1 fully saturated rings. The molecule has 0 bridgehead atoms. The third kappa shape index (κ3) is 2.49. The van der Waals surface area contributed by atoms with Crippen LogP contribution in [0.4, 0.5) is 10.8 Å². The number of nitrogens with two attached hydrogens (primary N) is 1. The maximum Gasteiger partial charge on any atom is 0.326 e. The topological polar surface area (TPSA) is 107 Å². The number of nitrogens with one attached hydrogen (secondary N) is 1. The van der Waals surface area contributed by atoms with E-state index in [2.05, 4.69) is 15.3 Å². The van der Waals surface area contributed by atoms with Crippen LogP contribution in [0.2, 0.25) is 0 Å². The van der Waals surface area contributed by atoms with Gasteiger partial charge in [0, 0.05) is 18.7 Å². The quantitative estimate of drug-likeness (QED) is 0.637. The molecule has 3 N–H and O–H groups in total. The smallest absolute Gasteiger partial charge is 0.326 e. The van der Waals surface area contributed by atoms with Crippen molar-refractivity contribution in [2.45, 2.75) is 18.9 Å². The lowest BCUT2D eigenvalue weighted by molar-refractivity contribution is -0.380. The van der Waals surface area contributed by atoms with Crippen molar-refractivity contribution in [2.24, 2.45) is 11.7 Å². The highest BCUT2D eigenvalue weighted by atomic mass is 32.1. The Morgan fingerprint density at radius 1 is 1.58 bits per heavy atom. The molecule has 1 saturated carbocycles. The second-order valence-corrected chi connectivity index (χ2v) is 5.67. The molecule has 0 amide bonds. The van der Waals surface area contributed by atoms with Gasteiger partial charge in [0.05, 0.1) is 10.3 Å². The number of hydrogen-bond donors (Lipinski definition) is 2. The lowest BCUT2D eigenvalue weighted by Gasteiger charge is -2.12. The van der Waals surface area contributed by atoms with Crippen molar-refractivity contribution in [3.8, 4) is 0 Å². The van der Waals surface area contributed by atoms with Crippen LogP contribution < -0.4 is 11.1 Å². The Bertz CT molecular complexity index is 625. The standard InChI is InChI=1S/C11H13N5O2S/c12-8(6-1-2-6)4-13-10-7-3-9(16(17)18)19-11(7)15-5-14-10/h3,5-6,8H,1-2,4,12H2,(H,13,14,15). The maximum absolute atomic E-state index is 10.8. The average molecular weight is 279 g/mol. The number of anilines is 1. The summed E-state index contributed by atoms with van der Waals surface area (Å²) in [6, 6.07) is 1.61. The van der Waals surface area contributed by atoms with Gasteiger partial charge < -0.3 is 11.1 Å². The predicted octanol–water partition coefficient (Wildman–Crippen LogP) is 1.75. The Morgan fingerprint density at radius 3 is 3.05 bits per heavy atom. The SMILES string of the molecule is NC(CNc1ncnc2sc([N+](=O)[O-])cc12)C1CC1. The first-order valence-electron chi connectivity index (χ1n) is 6.03. The van der Waals surface area contributed by atoms with Crippen molar-refractivity contribution < 1.29 is 4.92 Å². The molecule has 0 spiro atoms. The lowest BCUT2D eigenvalue weighted by atomic mass is 10.2. The zero-order valence-corrected chi connectivity index (χ0v) is 10.9. The highest BCUT2D eigenvalue weighted by Crippen LogP contribution is 2.34. The molecule has 100 valence electrons. The van der Waals surface area contributed by atoms with Crippen LogP contribution >= 0.6 is 11.3 Å². The van der Waals surface area contributed by atoms with Crippen LogP contribution in [0.3, 0.4) is 0 Å². The van der Waals surface area contributed by atoms with Crippen LogP contribution in [0.25, 0.3) is 10.2 Å². The van der Waals surface area contributed by atoms with E-state index in [1.807, 2.05) is 0 Å². The summed E-state index contributed by atoms with van der Waals surface area (Å²) in [5.41, 5.74) is 6.01. The number of aromatic nitrogens is 2. The molecule has 0 saturated heterocycles. The van der Waals surface area contributed by atoms with Crippen molar-refractivity contribution in [1.82, 2.24) is 9.97 Å². The summed E-state index contributed by atoms with van der Waals surface area (Å²) in [7, 11) is 0. The van der Waals surface area contributed by atoms with Crippen LogP contribution in [0.15, 0.2) is 12.4 Å². The fourth-order valence-corrected chi connectivity index (χ4v) is 2.79. The normalized spacial score (nSPS) is 16.5. The molecule has 0 aromatic carbocycles. The van der Waals surface area contributed by atoms with Crippen LogP contribution in [0, 0.1) is 16.0 Å². The average Bonchev–Trinajstić information content (AvgIpc) is 3.14. The number of fused-ring (bicyclic) bond motifs is 1. The summed E-state index contributed by atoms with van der Waals surface area (Å²) in [5, 5.41) is 14.7. The Kier molecular flexibility index (Phi) is 3.03. The minimum absolute atomic E-state index is 0.0741. The molecule has 7 nitrogen and oxygen atoms in total.